The molecule has 3 aliphatic rings. The molecule has 3 saturated heterocycles. The third kappa shape index (κ3) is 5.58. The Morgan fingerprint density at radius 1 is 1.14 bits per heavy atom. The van der Waals surface area contributed by atoms with Gasteiger partial charge in [-0.25, -0.2) is 0 Å². The van der Waals surface area contributed by atoms with Gasteiger partial charge in [-0.1, -0.05) is 60.6 Å². The Hall–Kier alpha value is -2.19. The minimum absolute atomic E-state index is 0.0555. The van der Waals surface area contributed by atoms with Crippen molar-refractivity contribution in [2.45, 2.75) is 117 Å². The lowest BCUT2D eigenvalue weighted by Gasteiger charge is -2.47. The zero-order valence-electron chi connectivity index (χ0n) is 27.9. The molecule has 3 rings (SSSR count). The van der Waals surface area contributed by atoms with E-state index in [1.807, 2.05) is 32.6 Å². The van der Waals surface area contributed by atoms with E-state index >= 15 is 4.79 Å². The van der Waals surface area contributed by atoms with Crippen LogP contribution in [0, 0.1) is 29.1 Å². The van der Waals surface area contributed by atoms with Crippen molar-refractivity contribution in [2.24, 2.45) is 29.1 Å². The van der Waals surface area contributed by atoms with Crippen LogP contribution in [0.15, 0.2) is 25.3 Å². The van der Waals surface area contributed by atoms with Gasteiger partial charge in [0.2, 0.25) is 17.7 Å². The highest BCUT2D eigenvalue weighted by atomic mass is 16.5. The normalized spacial score (nSPS) is 31.3. The van der Waals surface area contributed by atoms with E-state index in [2.05, 4.69) is 54.7 Å². The van der Waals surface area contributed by atoms with Gasteiger partial charge in [-0.15, -0.1) is 13.2 Å². The first kappa shape index (κ1) is 34.3. The number of likely N-dealkylation sites (tertiary alicyclic amines) is 1. The summed E-state index contributed by atoms with van der Waals surface area (Å²) >= 11 is 0. The Kier molecular flexibility index (Phi) is 9.85. The second-order valence-corrected chi connectivity index (χ2v) is 15.3. The molecular formula is C34H57N3O5. The average molecular weight is 588 g/mol. The van der Waals surface area contributed by atoms with Crippen molar-refractivity contribution in [1.29, 1.82) is 0 Å². The van der Waals surface area contributed by atoms with Crippen molar-refractivity contribution in [2.75, 3.05) is 26.2 Å². The van der Waals surface area contributed by atoms with Crippen molar-refractivity contribution in [1.82, 2.24) is 14.7 Å². The summed E-state index contributed by atoms with van der Waals surface area (Å²) in [6, 6.07) is -1.56. The first-order valence-corrected chi connectivity index (χ1v) is 15.8. The van der Waals surface area contributed by atoms with E-state index in [4.69, 9.17) is 4.74 Å². The smallest absolute Gasteiger partial charge is 0.249 e. The highest BCUT2D eigenvalue weighted by molar-refractivity contribution is 5.99. The number of amides is 3. The predicted octanol–water partition coefficient (Wildman–Crippen LogP) is 4.67. The van der Waals surface area contributed by atoms with Crippen molar-refractivity contribution in [3.63, 3.8) is 0 Å². The highest BCUT2D eigenvalue weighted by Crippen LogP contribution is 2.66. The summed E-state index contributed by atoms with van der Waals surface area (Å²) < 4.78 is 6.98. The number of aliphatic hydroxyl groups is 1. The van der Waals surface area contributed by atoms with E-state index in [-0.39, 0.29) is 41.6 Å². The molecule has 8 heteroatoms. The van der Waals surface area contributed by atoms with E-state index in [1.54, 1.807) is 22.0 Å². The van der Waals surface area contributed by atoms with Gasteiger partial charge in [0.05, 0.1) is 30.1 Å². The molecule has 42 heavy (non-hydrogen) atoms. The molecule has 3 heterocycles. The van der Waals surface area contributed by atoms with Crippen molar-refractivity contribution >= 4 is 17.7 Å². The Morgan fingerprint density at radius 2 is 1.74 bits per heavy atom. The van der Waals surface area contributed by atoms with Crippen molar-refractivity contribution in [3.8, 4) is 0 Å². The summed E-state index contributed by atoms with van der Waals surface area (Å²) in [7, 11) is 0. The molecule has 1 N–H and O–H groups in total. The van der Waals surface area contributed by atoms with Gasteiger partial charge in [0.25, 0.3) is 0 Å². The lowest BCUT2D eigenvalue weighted by molar-refractivity contribution is -0.161. The standard InChI is InChI=1S/C34H57N3O5/c1-13-16-35(17-14-2)28(39)25-26-29(40)37(24(20-38)22(4)5)27(34(26)19-23(6)33(25,12)42-34)30(41)36(18-15-3)32(10,11)21-31(7,8)9/h13,15,22-27,38H,1,3,14,16-21H2,2,4-12H3/t23?,24-,25+,26-,27?,33-,34?/m0/s1. The molecule has 0 aromatic heterocycles. The number of rotatable bonds is 13. The summed E-state index contributed by atoms with van der Waals surface area (Å²) in [5.41, 5.74) is -2.68. The number of carbonyl (C=O) groups excluding carboxylic acids is 3. The van der Waals surface area contributed by atoms with Crippen LogP contribution in [-0.4, -0.2) is 92.6 Å². The molecule has 238 valence electrons. The van der Waals surface area contributed by atoms with E-state index in [1.165, 1.54) is 0 Å². The van der Waals surface area contributed by atoms with Crippen LogP contribution in [0.2, 0.25) is 0 Å². The van der Waals surface area contributed by atoms with E-state index < -0.39 is 40.7 Å². The topological polar surface area (TPSA) is 90.4 Å². The number of carbonyl (C=O) groups is 3. The third-order valence-electron chi connectivity index (χ3n) is 9.99. The van der Waals surface area contributed by atoms with Gasteiger partial charge in [0.1, 0.15) is 11.6 Å². The number of hydrogen-bond acceptors (Lipinski definition) is 5. The van der Waals surface area contributed by atoms with Gasteiger partial charge in [-0.05, 0) is 57.3 Å². The molecule has 0 saturated carbocycles. The van der Waals surface area contributed by atoms with Crippen LogP contribution >= 0.6 is 0 Å². The van der Waals surface area contributed by atoms with Crippen LogP contribution in [0.5, 0.6) is 0 Å². The molecule has 0 aromatic rings. The zero-order valence-corrected chi connectivity index (χ0v) is 27.9. The fourth-order valence-electron chi connectivity index (χ4n) is 8.53. The van der Waals surface area contributed by atoms with Crippen LogP contribution in [0.3, 0.4) is 0 Å². The summed E-state index contributed by atoms with van der Waals surface area (Å²) in [6.07, 6.45) is 5.43. The average Bonchev–Trinajstić information content (AvgIpc) is 3.37. The maximum absolute atomic E-state index is 15.0. The fourth-order valence-corrected chi connectivity index (χ4v) is 8.53. The molecule has 7 atom stereocenters. The lowest BCUT2D eigenvalue weighted by atomic mass is 9.62. The molecule has 3 amide bonds. The van der Waals surface area contributed by atoms with Crippen molar-refractivity contribution < 1.29 is 24.2 Å². The van der Waals surface area contributed by atoms with E-state index in [0.29, 0.717) is 26.1 Å². The van der Waals surface area contributed by atoms with Crippen LogP contribution in [-0.2, 0) is 19.1 Å². The number of ether oxygens (including phenoxy) is 1. The van der Waals surface area contributed by atoms with Crippen LogP contribution in [0.25, 0.3) is 0 Å². The molecule has 2 bridgehead atoms. The monoisotopic (exact) mass is 587 g/mol. The number of hydrogen-bond donors (Lipinski definition) is 1. The number of aliphatic hydroxyl groups excluding tert-OH is 1. The molecule has 8 nitrogen and oxygen atoms in total. The molecule has 3 unspecified atom stereocenters. The van der Waals surface area contributed by atoms with Crippen LogP contribution < -0.4 is 0 Å². The Bertz CT molecular complexity index is 1060. The Morgan fingerprint density at radius 3 is 2.21 bits per heavy atom. The van der Waals surface area contributed by atoms with Gasteiger partial charge < -0.3 is 24.5 Å². The third-order valence-corrected chi connectivity index (χ3v) is 9.99. The summed E-state index contributed by atoms with van der Waals surface area (Å²) in [5, 5.41) is 10.6. The summed E-state index contributed by atoms with van der Waals surface area (Å²) in [4.78, 5) is 49.3. The minimum Gasteiger partial charge on any atom is -0.394 e. The molecule has 0 aliphatic carbocycles. The van der Waals surface area contributed by atoms with Gasteiger partial charge in [0.15, 0.2) is 0 Å². The molecule has 0 aromatic carbocycles. The first-order valence-electron chi connectivity index (χ1n) is 15.8. The van der Waals surface area contributed by atoms with Crippen molar-refractivity contribution in [3.05, 3.63) is 25.3 Å². The van der Waals surface area contributed by atoms with E-state index in [9.17, 15) is 14.7 Å². The molecule has 1 spiro atoms. The molecule has 3 fully saturated rings. The SMILES string of the molecule is C=CCN(CCC)C(=O)[C@H]1[C@H]2C(=O)N([C@@H](CO)C(C)C)C(C(=O)N(CC=C)C(C)(C)CC(C)(C)C)C23CC(C)[C@]1(C)O3. The van der Waals surface area contributed by atoms with Gasteiger partial charge in [-0.2, -0.15) is 0 Å². The second kappa shape index (κ2) is 12.1. The lowest BCUT2D eigenvalue weighted by Crippen LogP contribution is -2.63. The molecular weight excluding hydrogens is 530 g/mol. The minimum atomic E-state index is -1.17. The molecule has 3 aliphatic heterocycles. The zero-order chi connectivity index (χ0) is 32.0. The highest BCUT2D eigenvalue weighted by Gasteiger charge is 2.80. The number of fused-ring (bicyclic) bond motifs is 1. The largest absolute Gasteiger partial charge is 0.394 e. The summed E-state index contributed by atoms with van der Waals surface area (Å²) in [5.74, 6) is -2.31. The second-order valence-electron chi connectivity index (χ2n) is 15.3. The maximum Gasteiger partial charge on any atom is 0.249 e. The van der Waals surface area contributed by atoms with Crippen LogP contribution in [0.4, 0.5) is 0 Å². The quantitative estimate of drug-likeness (QED) is 0.317. The van der Waals surface area contributed by atoms with Gasteiger partial charge >= 0.3 is 0 Å². The Labute approximate surface area is 254 Å². The first-order chi connectivity index (χ1) is 19.4. The Balaban J connectivity index is 2.24. The fraction of sp³-hybridized carbons (Fsp3) is 0.794. The van der Waals surface area contributed by atoms with E-state index in [0.717, 1.165) is 12.8 Å². The number of nitrogens with zero attached hydrogens (tertiary/aromatic N) is 3. The molecule has 0 radical (unpaired) electrons. The van der Waals surface area contributed by atoms with Gasteiger partial charge in [-0.3, -0.25) is 14.4 Å². The maximum atomic E-state index is 15.0. The predicted molar refractivity (Wildman–Crippen MR) is 166 cm³/mol. The summed E-state index contributed by atoms with van der Waals surface area (Å²) in [6.45, 7) is 29.3. The van der Waals surface area contributed by atoms with Gasteiger partial charge in [0, 0.05) is 25.2 Å². The van der Waals surface area contributed by atoms with Crippen LogP contribution in [0.1, 0.15) is 88.5 Å².